The van der Waals surface area contributed by atoms with Gasteiger partial charge in [0.2, 0.25) is 0 Å². The van der Waals surface area contributed by atoms with Gasteiger partial charge in [0, 0.05) is 19.2 Å². The molecule has 0 amide bonds. The van der Waals surface area contributed by atoms with Crippen LogP contribution in [-0.2, 0) is 0 Å². The molecule has 0 aromatic carbocycles. The zero-order valence-corrected chi connectivity index (χ0v) is 9.80. The summed E-state index contributed by atoms with van der Waals surface area (Å²) in [5.74, 6) is 0.534. The molecule has 1 aliphatic rings. The minimum atomic E-state index is -0.490. The van der Waals surface area contributed by atoms with Gasteiger partial charge in [-0.3, -0.25) is 0 Å². The summed E-state index contributed by atoms with van der Waals surface area (Å²) in [4.78, 5) is 16.0. The highest BCUT2D eigenvalue weighted by Gasteiger charge is 2.19. The topological polar surface area (TPSA) is 71.3 Å². The van der Waals surface area contributed by atoms with E-state index < -0.39 is 4.92 Å². The van der Waals surface area contributed by atoms with E-state index in [4.69, 9.17) is 0 Å². The summed E-state index contributed by atoms with van der Waals surface area (Å²) in [6.07, 6.45) is 2.71. The van der Waals surface area contributed by atoms with Crippen LogP contribution in [0.25, 0.3) is 0 Å². The van der Waals surface area contributed by atoms with Gasteiger partial charge in [0.05, 0.1) is 5.69 Å². The number of pyridine rings is 1. The molecule has 1 unspecified atom stereocenters. The van der Waals surface area contributed by atoms with E-state index in [1.165, 1.54) is 18.7 Å². The molecule has 1 fully saturated rings. The van der Waals surface area contributed by atoms with Crippen LogP contribution in [0.1, 0.15) is 6.42 Å². The van der Waals surface area contributed by atoms with Crippen LogP contribution in [0.15, 0.2) is 18.3 Å². The molecule has 1 N–H and O–H groups in total. The van der Waals surface area contributed by atoms with Crippen LogP contribution >= 0.6 is 0 Å². The summed E-state index contributed by atoms with van der Waals surface area (Å²) < 4.78 is 0. The fourth-order valence-corrected chi connectivity index (χ4v) is 2.05. The van der Waals surface area contributed by atoms with E-state index in [0.717, 1.165) is 25.3 Å². The van der Waals surface area contributed by atoms with Crippen molar-refractivity contribution in [2.75, 3.05) is 32.0 Å². The molecule has 1 aliphatic heterocycles. The van der Waals surface area contributed by atoms with Gasteiger partial charge in [-0.05, 0) is 41.9 Å². The third-order valence-electron chi connectivity index (χ3n) is 3.02. The van der Waals surface area contributed by atoms with Crippen LogP contribution in [0.3, 0.4) is 0 Å². The largest absolute Gasteiger partial charge is 0.382 e. The Morgan fingerprint density at radius 2 is 2.47 bits per heavy atom. The fraction of sp³-hybridized carbons (Fsp3) is 0.545. The Hall–Kier alpha value is -1.69. The number of anilines is 1. The Labute approximate surface area is 99.8 Å². The molecule has 1 atom stereocenters. The smallest absolute Gasteiger partial charge is 0.363 e. The molecule has 0 saturated carbocycles. The first kappa shape index (κ1) is 11.8. The number of nitrogens with zero attached hydrogens (tertiary/aromatic N) is 3. The third-order valence-corrected chi connectivity index (χ3v) is 3.02. The molecule has 1 aromatic heterocycles. The van der Waals surface area contributed by atoms with E-state index in [1.807, 2.05) is 0 Å². The van der Waals surface area contributed by atoms with E-state index in [-0.39, 0.29) is 5.82 Å². The van der Waals surface area contributed by atoms with Gasteiger partial charge in [0.1, 0.15) is 0 Å². The molecule has 0 aliphatic carbocycles. The molecule has 0 bridgehead atoms. The van der Waals surface area contributed by atoms with Crippen LogP contribution in [0.2, 0.25) is 0 Å². The molecule has 1 saturated heterocycles. The summed E-state index contributed by atoms with van der Waals surface area (Å²) in [5, 5.41) is 13.7. The molecule has 17 heavy (non-hydrogen) atoms. The van der Waals surface area contributed by atoms with Crippen LogP contribution in [-0.4, -0.2) is 41.5 Å². The first-order valence-electron chi connectivity index (χ1n) is 5.68. The minimum absolute atomic E-state index is 0.115. The first-order chi connectivity index (χ1) is 8.15. The van der Waals surface area contributed by atoms with Gasteiger partial charge in [-0.1, -0.05) is 0 Å². The zero-order chi connectivity index (χ0) is 12.3. The molecular formula is C11H16N4O2. The summed E-state index contributed by atoms with van der Waals surface area (Å²) in [6, 6.07) is 3.12. The molecule has 92 valence electrons. The number of hydrogen-bond donors (Lipinski definition) is 1. The molecule has 2 rings (SSSR count). The summed E-state index contributed by atoms with van der Waals surface area (Å²) in [7, 11) is 2.12. The van der Waals surface area contributed by atoms with Gasteiger partial charge in [-0.25, -0.2) is 0 Å². The first-order valence-corrected chi connectivity index (χ1v) is 5.68. The number of hydrogen-bond acceptors (Lipinski definition) is 5. The molecule has 6 nitrogen and oxygen atoms in total. The maximum absolute atomic E-state index is 10.4. The molecular weight excluding hydrogens is 220 g/mol. The van der Waals surface area contributed by atoms with Gasteiger partial charge in [-0.15, -0.1) is 0 Å². The summed E-state index contributed by atoms with van der Waals surface area (Å²) in [5.41, 5.74) is 0.838. The highest BCUT2D eigenvalue weighted by molar-refractivity contribution is 5.43. The summed E-state index contributed by atoms with van der Waals surface area (Å²) >= 11 is 0. The average molecular weight is 236 g/mol. The second kappa shape index (κ2) is 5.09. The lowest BCUT2D eigenvalue weighted by Crippen LogP contribution is -2.19. The lowest BCUT2D eigenvalue weighted by atomic mass is 10.1. The van der Waals surface area contributed by atoms with Crippen molar-refractivity contribution in [3.8, 4) is 0 Å². The SMILES string of the molecule is CN1CCC(CNc2ccc([N+](=O)[O-])nc2)C1. The number of nitrogens with one attached hydrogen (secondary N) is 1. The molecule has 0 radical (unpaired) electrons. The molecule has 2 heterocycles. The minimum Gasteiger partial charge on any atom is -0.382 e. The van der Waals surface area contributed by atoms with Gasteiger partial charge in [-0.2, -0.15) is 0 Å². The maximum Gasteiger partial charge on any atom is 0.363 e. The predicted octanol–water partition coefficient (Wildman–Crippen LogP) is 1.35. The zero-order valence-electron chi connectivity index (χ0n) is 9.80. The number of aromatic nitrogens is 1. The Balaban J connectivity index is 1.85. The van der Waals surface area contributed by atoms with Crippen molar-refractivity contribution >= 4 is 11.5 Å². The number of likely N-dealkylation sites (tertiary alicyclic amines) is 1. The second-order valence-electron chi connectivity index (χ2n) is 4.46. The van der Waals surface area contributed by atoms with Crippen molar-refractivity contribution in [1.29, 1.82) is 0 Å². The second-order valence-corrected chi connectivity index (χ2v) is 4.46. The van der Waals surface area contributed by atoms with E-state index in [9.17, 15) is 10.1 Å². The third kappa shape index (κ3) is 3.13. The Bertz CT molecular complexity index is 393. The maximum atomic E-state index is 10.4. The van der Waals surface area contributed by atoms with Crippen molar-refractivity contribution in [3.05, 3.63) is 28.4 Å². The van der Waals surface area contributed by atoms with E-state index in [1.54, 1.807) is 6.07 Å². The lowest BCUT2D eigenvalue weighted by molar-refractivity contribution is -0.389. The van der Waals surface area contributed by atoms with Crippen molar-refractivity contribution < 1.29 is 4.92 Å². The van der Waals surface area contributed by atoms with E-state index in [0.29, 0.717) is 5.92 Å². The van der Waals surface area contributed by atoms with Gasteiger partial charge in [0.25, 0.3) is 0 Å². The normalized spacial score (nSPS) is 20.4. The van der Waals surface area contributed by atoms with Crippen LogP contribution < -0.4 is 5.32 Å². The van der Waals surface area contributed by atoms with Crippen molar-refractivity contribution in [3.63, 3.8) is 0 Å². The van der Waals surface area contributed by atoms with Crippen molar-refractivity contribution in [2.24, 2.45) is 5.92 Å². The Morgan fingerprint density at radius 1 is 1.65 bits per heavy atom. The van der Waals surface area contributed by atoms with Crippen LogP contribution in [0.4, 0.5) is 11.5 Å². The van der Waals surface area contributed by atoms with Crippen LogP contribution in [0.5, 0.6) is 0 Å². The number of rotatable bonds is 4. The van der Waals surface area contributed by atoms with Crippen molar-refractivity contribution in [1.82, 2.24) is 9.88 Å². The highest BCUT2D eigenvalue weighted by Crippen LogP contribution is 2.16. The molecule has 1 aromatic rings. The summed E-state index contributed by atoms with van der Waals surface area (Å²) in [6.45, 7) is 3.14. The van der Waals surface area contributed by atoms with E-state index >= 15 is 0 Å². The van der Waals surface area contributed by atoms with Crippen LogP contribution in [0, 0.1) is 16.0 Å². The Morgan fingerprint density at radius 3 is 3.00 bits per heavy atom. The van der Waals surface area contributed by atoms with E-state index in [2.05, 4.69) is 22.2 Å². The van der Waals surface area contributed by atoms with Gasteiger partial charge in [0.15, 0.2) is 6.20 Å². The van der Waals surface area contributed by atoms with Gasteiger partial charge >= 0.3 is 5.82 Å². The number of nitro groups is 1. The lowest BCUT2D eigenvalue weighted by Gasteiger charge is -2.11. The Kier molecular flexibility index (Phi) is 3.53. The molecule has 6 heteroatoms. The predicted molar refractivity (Wildman–Crippen MR) is 65.0 cm³/mol. The van der Waals surface area contributed by atoms with Crippen molar-refractivity contribution in [2.45, 2.75) is 6.42 Å². The molecule has 0 spiro atoms. The quantitative estimate of drug-likeness (QED) is 0.631. The van der Waals surface area contributed by atoms with Gasteiger partial charge < -0.3 is 20.3 Å². The fourth-order valence-electron chi connectivity index (χ4n) is 2.05. The standard InChI is InChI=1S/C11H16N4O2/c1-14-5-4-9(8-14)6-12-10-2-3-11(13-7-10)15(16)17/h2-3,7,9,12H,4-6,8H2,1H3. The highest BCUT2D eigenvalue weighted by atomic mass is 16.6. The average Bonchev–Trinajstić information content (AvgIpc) is 2.73. The monoisotopic (exact) mass is 236 g/mol.